The van der Waals surface area contributed by atoms with E-state index in [4.69, 9.17) is 11.5 Å². The van der Waals surface area contributed by atoms with Crippen LogP contribution < -0.4 is 11.5 Å². The van der Waals surface area contributed by atoms with Gasteiger partial charge < -0.3 is 16.6 Å². The lowest BCUT2D eigenvalue weighted by Gasteiger charge is -2.12. The number of carbonyl (C=O) groups is 1. The maximum absolute atomic E-state index is 12.3. The molecule has 0 aliphatic rings. The lowest BCUT2D eigenvalue weighted by atomic mass is 9.97. The van der Waals surface area contributed by atoms with Crippen LogP contribution in [0.2, 0.25) is 0 Å². The van der Waals surface area contributed by atoms with Crippen LogP contribution in [0.15, 0.2) is 48.5 Å². The molecule has 0 heterocycles. The molecule has 2 rings (SSSR count). The molecule has 0 aliphatic carbocycles. The minimum absolute atomic E-state index is 0.338. The molecular weight excluding hydrogens is 252 g/mol. The number of hydrogen-bond acceptors (Lipinski definition) is 4. The number of hydrogen-bond donors (Lipinski definition) is 3. The van der Waals surface area contributed by atoms with Crippen LogP contribution in [0, 0.1) is 0 Å². The number of aliphatic hydroxyl groups excluding tert-OH is 1. The summed E-state index contributed by atoms with van der Waals surface area (Å²) in [5.74, 6) is -0.338. The highest BCUT2D eigenvalue weighted by Gasteiger charge is 2.19. The van der Waals surface area contributed by atoms with Gasteiger partial charge >= 0.3 is 0 Å². The van der Waals surface area contributed by atoms with E-state index in [1.54, 1.807) is 36.4 Å². The number of rotatable bonds is 5. The van der Waals surface area contributed by atoms with Gasteiger partial charge in [-0.05, 0) is 22.8 Å². The van der Waals surface area contributed by atoms with Crippen molar-refractivity contribution in [3.8, 4) is 0 Å². The van der Waals surface area contributed by atoms with Gasteiger partial charge in [-0.15, -0.1) is 0 Å². The molecule has 0 saturated carbocycles. The van der Waals surface area contributed by atoms with Crippen molar-refractivity contribution >= 4 is 5.78 Å². The molecule has 20 heavy (non-hydrogen) atoms. The van der Waals surface area contributed by atoms with E-state index in [0.29, 0.717) is 24.2 Å². The van der Waals surface area contributed by atoms with Crippen LogP contribution in [-0.4, -0.2) is 10.9 Å². The monoisotopic (exact) mass is 270 g/mol. The summed E-state index contributed by atoms with van der Waals surface area (Å²) in [5, 5.41) is 10.2. The second-order valence-corrected chi connectivity index (χ2v) is 4.62. The SMILES string of the molecule is NCc1cccc(C(=O)C(O)c2cccc(CN)c2)c1. The fourth-order valence-corrected chi connectivity index (χ4v) is 2.05. The summed E-state index contributed by atoms with van der Waals surface area (Å²) >= 11 is 0. The van der Waals surface area contributed by atoms with Crippen molar-refractivity contribution < 1.29 is 9.90 Å². The molecular formula is C16H18N2O2. The molecule has 0 fully saturated rings. The van der Waals surface area contributed by atoms with Crippen LogP contribution in [0.3, 0.4) is 0 Å². The molecule has 1 unspecified atom stereocenters. The predicted molar refractivity (Wildman–Crippen MR) is 78.0 cm³/mol. The summed E-state index contributed by atoms with van der Waals surface area (Å²) in [5.41, 5.74) is 13.9. The average Bonchev–Trinajstić information content (AvgIpc) is 2.53. The van der Waals surface area contributed by atoms with E-state index in [0.717, 1.165) is 11.1 Å². The molecule has 4 heteroatoms. The molecule has 2 aromatic rings. The van der Waals surface area contributed by atoms with Crippen LogP contribution in [0.25, 0.3) is 0 Å². The third kappa shape index (κ3) is 3.11. The fraction of sp³-hybridized carbons (Fsp3) is 0.188. The van der Waals surface area contributed by atoms with Gasteiger partial charge in [0.2, 0.25) is 0 Å². The molecule has 0 radical (unpaired) electrons. The highest BCUT2D eigenvalue weighted by atomic mass is 16.3. The van der Waals surface area contributed by atoms with E-state index in [-0.39, 0.29) is 5.78 Å². The van der Waals surface area contributed by atoms with Crippen LogP contribution in [0.1, 0.15) is 33.2 Å². The van der Waals surface area contributed by atoms with E-state index in [1.807, 2.05) is 12.1 Å². The van der Waals surface area contributed by atoms with E-state index in [2.05, 4.69) is 0 Å². The van der Waals surface area contributed by atoms with Crippen LogP contribution in [0.5, 0.6) is 0 Å². The van der Waals surface area contributed by atoms with E-state index >= 15 is 0 Å². The lowest BCUT2D eigenvalue weighted by molar-refractivity contribution is 0.0747. The first-order chi connectivity index (χ1) is 9.65. The number of aliphatic hydroxyl groups is 1. The maximum Gasteiger partial charge on any atom is 0.195 e. The normalized spacial score (nSPS) is 12.2. The quantitative estimate of drug-likeness (QED) is 0.719. The lowest BCUT2D eigenvalue weighted by Crippen LogP contribution is -2.13. The van der Waals surface area contributed by atoms with Crippen LogP contribution in [0.4, 0.5) is 0 Å². The topological polar surface area (TPSA) is 89.3 Å². The number of benzene rings is 2. The molecule has 0 aromatic heterocycles. The molecule has 0 amide bonds. The highest BCUT2D eigenvalue weighted by Crippen LogP contribution is 2.20. The van der Waals surface area contributed by atoms with Crippen molar-refractivity contribution in [2.45, 2.75) is 19.2 Å². The Morgan fingerprint density at radius 2 is 1.60 bits per heavy atom. The first kappa shape index (κ1) is 14.4. The van der Waals surface area contributed by atoms with Gasteiger partial charge in [0.25, 0.3) is 0 Å². The number of ketones is 1. The van der Waals surface area contributed by atoms with Gasteiger partial charge in [0.05, 0.1) is 0 Å². The summed E-state index contributed by atoms with van der Waals surface area (Å²) in [4.78, 5) is 12.3. The molecule has 0 spiro atoms. The first-order valence-corrected chi connectivity index (χ1v) is 6.46. The van der Waals surface area contributed by atoms with Crippen molar-refractivity contribution in [3.63, 3.8) is 0 Å². The Morgan fingerprint density at radius 1 is 1.00 bits per heavy atom. The van der Waals surface area contributed by atoms with Crippen molar-refractivity contribution in [2.75, 3.05) is 0 Å². The molecule has 0 bridgehead atoms. The van der Waals surface area contributed by atoms with Gasteiger partial charge in [-0.2, -0.15) is 0 Å². The molecule has 1 atom stereocenters. The smallest absolute Gasteiger partial charge is 0.195 e. The number of carbonyl (C=O) groups excluding carboxylic acids is 1. The Balaban J connectivity index is 2.27. The zero-order valence-corrected chi connectivity index (χ0v) is 11.1. The second-order valence-electron chi connectivity index (χ2n) is 4.62. The summed E-state index contributed by atoms with van der Waals surface area (Å²) in [6, 6.07) is 14.1. The summed E-state index contributed by atoms with van der Waals surface area (Å²) in [7, 11) is 0. The van der Waals surface area contributed by atoms with Crippen LogP contribution in [-0.2, 0) is 13.1 Å². The summed E-state index contributed by atoms with van der Waals surface area (Å²) in [6.45, 7) is 0.733. The second kappa shape index (κ2) is 6.43. The van der Waals surface area contributed by atoms with E-state index < -0.39 is 6.10 Å². The average molecular weight is 270 g/mol. The zero-order chi connectivity index (χ0) is 14.5. The van der Waals surface area contributed by atoms with E-state index in [9.17, 15) is 9.90 Å². The van der Waals surface area contributed by atoms with Crippen molar-refractivity contribution in [3.05, 3.63) is 70.8 Å². The third-order valence-corrected chi connectivity index (χ3v) is 3.20. The Bertz CT molecular complexity index is 611. The Hall–Kier alpha value is -2.01. The third-order valence-electron chi connectivity index (χ3n) is 3.20. The molecule has 0 aliphatic heterocycles. The highest BCUT2D eigenvalue weighted by molar-refractivity contribution is 6.00. The molecule has 0 saturated heterocycles. The maximum atomic E-state index is 12.3. The molecule has 5 N–H and O–H groups in total. The minimum atomic E-state index is -1.19. The van der Waals surface area contributed by atoms with Crippen LogP contribution >= 0.6 is 0 Å². The number of nitrogens with two attached hydrogens (primary N) is 2. The summed E-state index contributed by atoms with van der Waals surface area (Å²) < 4.78 is 0. The Labute approximate surface area is 118 Å². The van der Waals surface area contributed by atoms with E-state index in [1.165, 1.54) is 0 Å². The molecule has 2 aromatic carbocycles. The van der Waals surface area contributed by atoms with Gasteiger partial charge in [0, 0.05) is 18.7 Å². The largest absolute Gasteiger partial charge is 0.380 e. The summed E-state index contributed by atoms with van der Waals surface area (Å²) in [6.07, 6.45) is -1.19. The molecule has 104 valence electrons. The first-order valence-electron chi connectivity index (χ1n) is 6.46. The van der Waals surface area contributed by atoms with Gasteiger partial charge in [0.1, 0.15) is 6.10 Å². The van der Waals surface area contributed by atoms with Gasteiger partial charge in [-0.1, -0.05) is 42.5 Å². The van der Waals surface area contributed by atoms with Crippen molar-refractivity contribution in [2.24, 2.45) is 11.5 Å². The Morgan fingerprint density at radius 3 is 2.25 bits per heavy atom. The zero-order valence-electron chi connectivity index (χ0n) is 11.1. The number of Topliss-reactive ketones (excluding diaryl/α,β-unsaturated/α-hetero) is 1. The van der Waals surface area contributed by atoms with Gasteiger partial charge in [-0.25, -0.2) is 0 Å². The minimum Gasteiger partial charge on any atom is -0.380 e. The van der Waals surface area contributed by atoms with Crippen molar-refractivity contribution in [1.29, 1.82) is 0 Å². The van der Waals surface area contributed by atoms with Crippen molar-refractivity contribution in [1.82, 2.24) is 0 Å². The van der Waals surface area contributed by atoms with Gasteiger partial charge in [-0.3, -0.25) is 4.79 Å². The predicted octanol–water partition coefficient (Wildman–Crippen LogP) is 1.52. The standard InChI is InChI=1S/C16H18N2O2/c17-9-11-3-1-5-13(7-11)15(19)16(20)14-6-2-4-12(8-14)10-18/h1-8,15,19H,9-10,17-18H2. The molecule has 4 nitrogen and oxygen atoms in total. The van der Waals surface area contributed by atoms with Gasteiger partial charge in [0.15, 0.2) is 5.78 Å². The fourth-order valence-electron chi connectivity index (χ4n) is 2.05. The Kier molecular flexibility index (Phi) is 4.63.